The van der Waals surface area contributed by atoms with Gasteiger partial charge in [-0.05, 0) is 24.6 Å². The van der Waals surface area contributed by atoms with Gasteiger partial charge in [-0.3, -0.25) is 9.36 Å². The van der Waals surface area contributed by atoms with Crippen molar-refractivity contribution in [2.45, 2.75) is 20.0 Å². The van der Waals surface area contributed by atoms with E-state index in [1.54, 1.807) is 24.3 Å². The molecule has 5 heteroatoms. The zero-order valence-corrected chi connectivity index (χ0v) is 12.2. The smallest absolute Gasteiger partial charge is 0.408 e. The van der Waals surface area contributed by atoms with Crippen molar-refractivity contribution < 1.29 is 9.21 Å². The van der Waals surface area contributed by atoms with Crippen molar-refractivity contribution in [3.05, 3.63) is 70.2 Å². The molecule has 0 atom stereocenters. The predicted octanol–water partition coefficient (Wildman–Crippen LogP) is 2.22. The number of para-hydroxylation sites is 2. The van der Waals surface area contributed by atoms with E-state index < -0.39 is 5.76 Å². The Labute approximate surface area is 127 Å². The first-order chi connectivity index (χ1) is 10.6. The monoisotopic (exact) mass is 296 g/mol. The van der Waals surface area contributed by atoms with Crippen molar-refractivity contribution in [1.82, 2.24) is 9.88 Å². The van der Waals surface area contributed by atoms with Crippen LogP contribution in [0.4, 0.5) is 0 Å². The van der Waals surface area contributed by atoms with E-state index in [1.807, 2.05) is 31.2 Å². The fraction of sp³-hybridized carbons (Fsp3) is 0.176. The third-order valence-corrected chi connectivity index (χ3v) is 3.45. The Morgan fingerprint density at radius 3 is 2.82 bits per heavy atom. The zero-order valence-electron chi connectivity index (χ0n) is 12.2. The van der Waals surface area contributed by atoms with Crippen LogP contribution in [0.25, 0.3) is 11.1 Å². The number of hydrogen-bond donors (Lipinski definition) is 1. The second-order valence-electron chi connectivity index (χ2n) is 5.19. The van der Waals surface area contributed by atoms with Crippen LogP contribution >= 0.6 is 0 Å². The van der Waals surface area contributed by atoms with Crippen molar-refractivity contribution in [3.63, 3.8) is 0 Å². The van der Waals surface area contributed by atoms with Gasteiger partial charge in [0.25, 0.3) is 0 Å². The molecule has 0 spiro atoms. The topological polar surface area (TPSA) is 64.2 Å². The fourth-order valence-corrected chi connectivity index (χ4v) is 2.39. The van der Waals surface area contributed by atoms with Crippen LogP contribution < -0.4 is 11.1 Å². The molecule has 0 unspecified atom stereocenters. The highest BCUT2D eigenvalue weighted by Crippen LogP contribution is 2.11. The molecule has 1 heterocycles. The average Bonchev–Trinajstić information content (AvgIpc) is 2.81. The lowest BCUT2D eigenvalue weighted by atomic mass is 10.1. The molecule has 0 saturated carbocycles. The lowest BCUT2D eigenvalue weighted by Gasteiger charge is -2.06. The van der Waals surface area contributed by atoms with Crippen LogP contribution in [0.1, 0.15) is 11.1 Å². The maximum Gasteiger partial charge on any atom is 0.420 e. The number of nitrogens with one attached hydrogen (secondary N) is 1. The summed E-state index contributed by atoms with van der Waals surface area (Å²) < 4.78 is 6.44. The van der Waals surface area contributed by atoms with Crippen LogP contribution in [0.3, 0.4) is 0 Å². The summed E-state index contributed by atoms with van der Waals surface area (Å²) in [5.41, 5.74) is 3.28. The summed E-state index contributed by atoms with van der Waals surface area (Å²) in [6.45, 7) is 2.38. The summed E-state index contributed by atoms with van der Waals surface area (Å²) in [5.74, 6) is -0.748. The number of aromatic nitrogens is 1. The summed E-state index contributed by atoms with van der Waals surface area (Å²) in [6.07, 6.45) is 0. The molecule has 0 radical (unpaired) electrons. The number of aryl methyl sites for hydroxylation is 1. The number of oxazole rings is 1. The minimum atomic E-state index is -0.521. The van der Waals surface area contributed by atoms with Crippen LogP contribution in [0.2, 0.25) is 0 Å². The van der Waals surface area contributed by atoms with Gasteiger partial charge in [0, 0.05) is 6.54 Å². The van der Waals surface area contributed by atoms with E-state index in [4.69, 9.17) is 4.42 Å². The van der Waals surface area contributed by atoms with Gasteiger partial charge in [0.1, 0.15) is 6.54 Å². The third-order valence-electron chi connectivity index (χ3n) is 3.45. The van der Waals surface area contributed by atoms with E-state index in [-0.39, 0.29) is 12.5 Å². The quantitative estimate of drug-likeness (QED) is 0.803. The van der Waals surface area contributed by atoms with E-state index >= 15 is 0 Å². The first-order valence-electron chi connectivity index (χ1n) is 7.04. The van der Waals surface area contributed by atoms with Gasteiger partial charge >= 0.3 is 5.76 Å². The Hall–Kier alpha value is -2.82. The van der Waals surface area contributed by atoms with Crippen molar-refractivity contribution in [1.29, 1.82) is 0 Å². The summed E-state index contributed by atoms with van der Waals surface area (Å²) >= 11 is 0. The predicted molar refractivity (Wildman–Crippen MR) is 83.5 cm³/mol. The maximum absolute atomic E-state index is 12.1. The van der Waals surface area contributed by atoms with E-state index in [0.29, 0.717) is 17.6 Å². The summed E-state index contributed by atoms with van der Waals surface area (Å²) in [4.78, 5) is 23.9. The van der Waals surface area contributed by atoms with Crippen molar-refractivity contribution in [2.24, 2.45) is 0 Å². The lowest BCUT2D eigenvalue weighted by molar-refractivity contribution is -0.121. The Morgan fingerprint density at radius 2 is 2.00 bits per heavy atom. The second kappa shape index (κ2) is 5.89. The molecular formula is C17H16N2O3. The van der Waals surface area contributed by atoms with Gasteiger partial charge in [-0.15, -0.1) is 0 Å². The third kappa shape index (κ3) is 2.93. The number of rotatable bonds is 4. The fourth-order valence-electron chi connectivity index (χ4n) is 2.39. The molecule has 0 fully saturated rings. The molecule has 0 saturated heterocycles. The van der Waals surface area contributed by atoms with E-state index in [0.717, 1.165) is 11.1 Å². The number of carbonyl (C=O) groups excluding carboxylic acids is 1. The van der Waals surface area contributed by atoms with Gasteiger partial charge in [-0.25, -0.2) is 4.79 Å². The van der Waals surface area contributed by atoms with Crippen molar-refractivity contribution in [3.8, 4) is 0 Å². The first kappa shape index (κ1) is 14.1. The molecule has 0 aliphatic carbocycles. The first-order valence-corrected chi connectivity index (χ1v) is 7.04. The van der Waals surface area contributed by atoms with E-state index in [9.17, 15) is 9.59 Å². The number of carbonyl (C=O) groups is 1. The van der Waals surface area contributed by atoms with Gasteiger partial charge in [-0.2, -0.15) is 0 Å². The molecule has 3 aromatic rings. The molecule has 1 amide bonds. The number of benzene rings is 2. The summed E-state index contributed by atoms with van der Waals surface area (Å²) in [6, 6.07) is 15.0. The highest BCUT2D eigenvalue weighted by molar-refractivity contribution is 5.79. The highest BCUT2D eigenvalue weighted by atomic mass is 16.4. The standard InChI is InChI=1S/C17H16N2O3/c1-12-5-4-6-13(9-12)10-18-16(20)11-19-14-7-2-3-8-15(14)22-17(19)21/h2-9H,10-11H2,1H3,(H,18,20). The Morgan fingerprint density at radius 1 is 1.18 bits per heavy atom. The van der Waals surface area contributed by atoms with E-state index in [2.05, 4.69) is 5.32 Å². The second-order valence-corrected chi connectivity index (χ2v) is 5.19. The van der Waals surface area contributed by atoms with Crippen LogP contribution in [-0.4, -0.2) is 10.5 Å². The maximum atomic E-state index is 12.1. The van der Waals surface area contributed by atoms with Gasteiger partial charge in [0.15, 0.2) is 5.58 Å². The molecule has 0 aliphatic heterocycles. The highest BCUT2D eigenvalue weighted by Gasteiger charge is 2.11. The molecule has 2 aromatic carbocycles. The van der Waals surface area contributed by atoms with Gasteiger partial charge in [0.05, 0.1) is 5.52 Å². The number of hydrogen-bond acceptors (Lipinski definition) is 3. The molecule has 22 heavy (non-hydrogen) atoms. The van der Waals surface area contributed by atoms with Crippen LogP contribution in [0.5, 0.6) is 0 Å². The summed E-state index contributed by atoms with van der Waals surface area (Å²) in [7, 11) is 0. The Balaban J connectivity index is 1.71. The molecule has 0 bridgehead atoms. The SMILES string of the molecule is Cc1cccc(CNC(=O)Cn2c(=O)oc3ccccc32)c1. The van der Waals surface area contributed by atoms with Crippen molar-refractivity contribution >= 4 is 17.0 Å². The molecule has 112 valence electrons. The molecule has 5 nitrogen and oxygen atoms in total. The van der Waals surface area contributed by atoms with Crippen LogP contribution in [0, 0.1) is 6.92 Å². The minimum Gasteiger partial charge on any atom is -0.408 e. The summed E-state index contributed by atoms with van der Waals surface area (Å²) in [5, 5.41) is 2.82. The molecule has 1 aromatic heterocycles. The molecular weight excluding hydrogens is 280 g/mol. The van der Waals surface area contributed by atoms with Crippen LogP contribution in [0.15, 0.2) is 57.7 Å². The number of amides is 1. The van der Waals surface area contributed by atoms with Crippen molar-refractivity contribution in [2.75, 3.05) is 0 Å². The number of nitrogens with zero attached hydrogens (tertiary/aromatic N) is 1. The van der Waals surface area contributed by atoms with Gasteiger partial charge in [0.2, 0.25) is 5.91 Å². The zero-order chi connectivity index (χ0) is 15.5. The molecule has 1 N–H and O–H groups in total. The lowest BCUT2D eigenvalue weighted by Crippen LogP contribution is -2.30. The van der Waals surface area contributed by atoms with E-state index in [1.165, 1.54) is 4.57 Å². The van der Waals surface area contributed by atoms with Crippen LogP contribution in [-0.2, 0) is 17.9 Å². The Bertz CT molecular complexity index is 877. The largest absolute Gasteiger partial charge is 0.420 e. The van der Waals surface area contributed by atoms with Gasteiger partial charge in [-0.1, -0.05) is 42.0 Å². The number of fused-ring (bicyclic) bond motifs is 1. The Kier molecular flexibility index (Phi) is 3.78. The average molecular weight is 296 g/mol. The normalized spacial score (nSPS) is 10.8. The molecule has 0 aliphatic rings. The molecule has 3 rings (SSSR count). The minimum absolute atomic E-state index is 0.0539. The van der Waals surface area contributed by atoms with Gasteiger partial charge < -0.3 is 9.73 Å².